The maximum absolute atomic E-state index is 12.7. The third-order valence-electron chi connectivity index (χ3n) is 8.82. The minimum absolute atomic E-state index is 0.0990. The molecule has 1 atom stereocenters. The van der Waals surface area contributed by atoms with Gasteiger partial charge < -0.3 is 23.4 Å². The van der Waals surface area contributed by atoms with E-state index in [4.69, 9.17) is 18.3 Å². The topological polar surface area (TPSA) is 134 Å². The lowest BCUT2D eigenvalue weighted by Crippen LogP contribution is -2.26. The number of hydrogen-bond acceptors (Lipinski definition) is 10. The highest BCUT2D eigenvalue weighted by molar-refractivity contribution is 5.81. The number of Topliss-reactive ketones (excluding diaryl/α,β-unsaturated/α-hetero) is 1. The third-order valence-corrected chi connectivity index (χ3v) is 8.82. The molecule has 1 N–H and O–H groups in total. The fraction of sp³-hybridized carbons (Fsp3) is 0.275. The van der Waals surface area contributed by atoms with Crippen LogP contribution in [-0.4, -0.2) is 57.7 Å². The molecule has 2 aliphatic heterocycles. The van der Waals surface area contributed by atoms with E-state index in [9.17, 15) is 36.2 Å². The number of rotatable bonds is 7. The molecule has 292 valence electrons. The SMILES string of the molecule is FC(F)(F)c1ccc(Cc2ccccc2-c2nnco2)cc1.O=C1CCOC1.OC1(c2nnc(-c3ccccc3Cc3ccc(C(F)(F)F)cc3)o2)CCOC1. The molecule has 6 aromatic rings. The molecule has 56 heavy (non-hydrogen) atoms. The van der Waals surface area contributed by atoms with Crippen LogP contribution in [0.2, 0.25) is 0 Å². The van der Waals surface area contributed by atoms with Crippen LogP contribution < -0.4 is 0 Å². The van der Waals surface area contributed by atoms with Crippen molar-refractivity contribution in [1.29, 1.82) is 0 Å². The van der Waals surface area contributed by atoms with Crippen LogP contribution in [0, 0.1) is 0 Å². The Kier molecular flexibility index (Phi) is 12.4. The highest BCUT2D eigenvalue weighted by Gasteiger charge is 2.40. The molecule has 1 unspecified atom stereocenters. The van der Waals surface area contributed by atoms with E-state index in [1.165, 1.54) is 30.7 Å². The van der Waals surface area contributed by atoms with Crippen LogP contribution in [0.1, 0.15) is 52.1 Å². The molecule has 2 fully saturated rings. The quantitative estimate of drug-likeness (QED) is 0.158. The first-order valence-corrected chi connectivity index (χ1v) is 17.3. The third kappa shape index (κ3) is 10.3. The zero-order chi connectivity index (χ0) is 39.8. The Balaban J connectivity index is 0.000000168. The molecule has 4 heterocycles. The summed E-state index contributed by atoms with van der Waals surface area (Å²) in [6, 6.07) is 24.9. The predicted octanol–water partition coefficient (Wildman–Crippen LogP) is 8.28. The molecule has 10 nitrogen and oxygen atoms in total. The number of carbonyl (C=O) groups excluding carboxylic acids is 1. The average Bonchev–Trinajstić information content (AvgIpc) is 4.02. The van der Waals surface area contributed by atoms with Crippen LogP contribution >= 0.6 is 0 Å². The summed E-state index contributed by atoms with van der Waals surface area (Å²) in [7, 11) is 0. The molecule has 0 radical (unpaired) electrons. The second-order valence-electron chi connectivity index (χ2n) is 12.9. The Morgan fingerprint density at radius 1 is 0.661 bits per heavy atom. The van der Waals surface area contributed by atoms with Crippen molar-refractivity contribution >= 4 is 5.78 Å². The predicted molar refractivity (Wildman–Crippen MR) is 188 cm³/mol. The van der Waals surface area contributed by atoms with Gasteiger partial charge in [-0.05, 0) is 71.5 Å². The molecule has 2 aliphatic rings. The summed E-state index contributed by atoms with van der Waals surface area (Å²) in [6.07, 6.45) is -5.55. The number of alkyl halides is 6. The molecule has 0 bridgehead atoms. The Hall–Kier alpha value is -5.71. The first kappa shape index (κ1) is 40.0. The molecular weight excluding hydrogens is 746 g/mol. The molecule has 0 spiro atoms. The summed E-state index contributed by atoms with van der Waals surface area (Å²) in [4.78, 5) is 10.1. The Morgan fingerprint density at radius 3 is 1.64 bits per heavy atom. The number of carbonyl (C=O) groups is 1. The van der Waals surface area contributed by atoms with Crippen LogP contribution in [0.15, 0.2) is 112 Å². The largest absolute Gasteiger partial charge is 0.423 e. The zero-order valence-corrected chi connectivity index (χ0v) is 29.5. The molecule has 16 heteroatoms. The van der Waals surface area contributed by atoms with E-state index in [0.29, 0.717) is 57.0 Å². The van der Waals surface area contributed by atoms with Gasteiger partial charge >= 0.3 is 12.4 Å². The van der Waals surface area contributed by atoms with Gasteiger partial charge in [0.2, 0.25) is 18.2 Å². The van der Waals surface area contributed by atoms with Gasteiger partial charge in [-0.15, -0.1) is 20.4 Å². The number of halogens is 6. The lowest BCUT2D eigenvalue weighted by atomic mass is 9.99. The van der Waals surface area contributed by atoms with Crippen LogP contribution in [0.25, 0.3) is 22.9 Å². The van der Waals surface area contributed by atoms with Crippen molar-refractivity contribution in [2.75, 3.05) is 26.4 Å². The molecule has 0 aliphatic carbocycles. The molecule has 2 saturated heterocycles. The summed E-state index contributed by atoms with van der Waals surface area (Å²) in [5.74, 6) is 0.972. The molecule has 0 amide bonds. The summed E-state index contributed by atoms with van der Waals surface area (Å²) in [5.41, 5.74) is 2.07. The van der Waals surface area contributed by atoms with Gasteiger partial charge in [0.25, 0.3) is 5.89 Å². The van der Waals surface area contributed by atoms with Crippen molar-refractivity contribution in [3.05, 3.63) is 143 Å². The van der Waals surface area contributed by atoms with Gasteiger partial charge in [-0.25, -0.2) is 0 Å². The van der Waals surface area contributed by atoms with Gasteiger partial charge in [0.1, 0.15) is 6.61 Å². The van der Waals surface area contributed by atoms with Gasteiger partial charge in [-0.3, -0.25) is 4.79 Å². The second kappa shape index (κ2) is 17.4. The number of ketones is 1. The van der Waals surface area contributed by atoms with Crippen LogP contribution in [0.5, 0.6) is 0 Å². The number of nitrogens with zero attached hydrogens (tertiary/aromatic N) is 4. The van der Waals surface area contributed by atoms with E-state index in [2.05, 4.69) is 20.4 Å². The van der Waals surface area contributed by atoms with Crippen molar-refractivity contribution in [2.45, 2.75) is 43.6 Å². The molecule has 0 saturated carbocycles. The van der Waals surface area contributed by atoms with Crippen molar-refractivity contribution in [3.63, 3.8) is 0 Å². The van der Waals surface area contributed by atoms with Gasteiger partial charge in [0.05, 0.1) is 30.9 Å². The minimum Gasteiger partial charge on any atom is -0.423 e. The van der Waals surface area contributed by atoms with Crippen molar-refractivity contribution in [1.82, 2.24) is 20.4 Å². The van der Waals surface area contributed by atoms with Crippen LogP contribution in [0.3, 0.4) is 0 Å². The standard InChI is InChI=1S/C20H17F3N2O3.C16H11F3N2O.C4H6O2/c21-20(22,23)15-7-5-13(6-8-15)11-14-3-1-2-4-16(14)17-24-25-18(28-17)19(26)9-10-27-12-19;17-16(18,19)13-7-5-11(6-8-13)9-12-3-1-2-4-14(12)15-21-20-10-22-15;5-4-1-2-6-3-4/h1-8,26H,9-12H2;1-8,10H,9H2;1-3H2. The summed E-state index contributed by atoms with van der Waals surface area (Å²) < 4.78 is 96.7. The Labute approximate surface area is 316 Å². The van der Waals surface area contributed by atoms with Crippen LogP contribution in [-0.2, 0) is 45.1 Å². The number of ether oxygens (including phenoxy) is 2. The fourth-order valence-corrected chi connectivity index (χ4v) is 5.81. The van der Waals surface area contributed by atoms with Crippen LogP contribution in [0.4, 0.5) is 26.3 Å². The minimum atomic E-state index is -4.36. The first-order chi connectivity index (χ1) is 26.8. The number of benzene rings is 4. The van der Waals surface area contributed by atoms with E-state index >= 15 is 0 Å². The van der Waals surface area contributed by atoms with E-state index in [1.54, 1.807) is 6.07 Å². The average molecular weight is 781 g/mol. The first-order valence-electron chi connectivity index (χ1n) is 17.3. The highest BCUT2D eigenvalue weighted by atomic mass is 19.4. The summed E-state index contributed by atoms with van der Waals surface area (Å²) in [6.45, 7) is 1.50. The normalized spacial score (nSPS) is 16.9. The molecule has 8 rings (SSSR count). The van der Waals surface area contributed by atoms with E-state index in [0.717, 1.165) is 52.1 Å². The summed E-state index contributed by atoms with van der Waals surface area (Å²) >= 11 is 0. The zero-order valence-electron chi connectivity index (χ0n) is 29.5. The Morgan fingerprint density at radius 2 is 1.21 bits per heavy atom. The monoisotopic (exact) mass is 780 g/mol. The molecule has 4 aromatic carbocycles. The maximum Gasteiger partial charge on any atom is 0.416 e. The van der Waals surface area contributed by atoms with Gasteiger partial charge in [-0.2, -0.15) is 26.3 Å². The van der Waals surface area contributed by atoms with Gasteiger partial charge in [0, 0.05) is 24.0 Å². The summed E-state index contributed by atoms with van der Waals surface area (Å²) in [5, 5.41) is 26.0. The van der Waals surface area contributed by atoms with E-state index < -0.39 is 29.1 Å². The lowest BCUT2D eigenvalue weighted by Gasteiger charge is -2.14. The smallest absolute Gasteiger partial charge is 0.416 e. The Bertz CT molecular complexity index is 2170. The van der Waals surface area contributed by atoms with Crippen molar-refractivity contribution in [2.24, 2.45) is 0 Å². The number of aromatic nitrogens is 4. The van der Waals surface area contributed by atoms with Gasteiger partial charge in [-0.1, -0.05) is 60.7 Å². The highest BCUT2D eigenvalue weighted by Crippen LogP contribution is 2.34. The number of aliphatic hydroxyl groups is 1. The van der Waals surface area contributed by atoms with E-state index in [-0.39, 0.29) is 24.2 Å². The van der Waals surface area contributed by atoms with E-state index in [1.807, 2.05) is 42.5 Å². The number of hydrogen-bond donors (Lipinski definition) is 1. The molecular formula is C40H34F6N4O6. The van der Waals surface area contributed by atoms with Gasteiger partial charge in [0.15, 0.2) is 11.4 Å². The van der Waals surface area contributed by atoms with Crippen molar-refractivity contribution < 1.29 is 54.6 Å². The van der Waals surface area contributed by atoms with Crippen molar-refractivity contribution in [3.8, 4) is 22.9 Å². The second-order valence-corrected chi connectivity index (χ2v) is 12.9. The lowest BCUT2D eigenvalue weighted by molar-refractivity contribution is -0.138. The molecule has 2 aromatic heterocycles. The fourth-order valence-electron chi connectivity index (χ4n) is 5.81. The maximum atomic E-state index is 12.7.